The molecule has 0 saturated heterocycles. The Morgan fingerprint density at radius 1 is 1.00 bits per heavy atom. The Labute approximate surface area is 139 Å². The van der Waals surface area contributed by atoms with Crippen LogP contribution >= 0.6 is 0 Å². The average Bonchev–Trinajstić information content (AvgIpc) is 2.54. The summed E-state index contributed by atoms with van der Waals surface area (Å²) in [6, 6.07) is 14.5. The first-order valence-electron chi connectivity index (χ1n) is 8.49. The number of phenolic OH excluding ortho intramolecular Hbond substituents is 1. The molecule has 0 radical (unpaired) electrons. The van der Waals surface area contributed by atoms with Gasteiger partial charge < -0.3 is 5.11 Å². The number of ketones is 1. The molecule has 2 heteroatoms. The summed E-state index contributed by atoms with van der Waals surface area (Å²) in [5, 5.41) is 10.2. The molecule has 23 heavy (non-hydrogen) atoms. The Balaban J connectivity index is 1.94. The number of rotatable bonds is 8. The molecule has 0 aliphatic heterocycles. The van der Waals surface area contributed by atoms with E-state index in [-0.39, 0.29) is 11.5 Å². The number of carbonyl (C=O) groups is 1. The van der Waals surface area contributed by atoms with E-state index in [0.717, 1.165) is 24.3 Å². The highest BCUT2D eigenvalue weighted by atomic mass is 16.3. The largest absolute Gasteiger partial charge is 0.507 e. The number of phenols is 1. The van der Waals surface area contributed by atoms with Crippen LogP contribution in [-0.2, 0) is 6.42 Å². The molecule has 2 nitrogen and oxygen atoms in total. The molecule has 0 bridgehead atoms. The Hall–Kier alpha value is -2.09. The van der Waals surface area contributed by atoms with Gasteiger partial charge in [0.2, 0.25) is 0 Å². The zero-order valence-corrected chi connectivity index (χ0v) is 14.1. The van der Waals surface area contributed by atoms with Crippen molar-refractivity contribution >= 4 is 5.78 Å². The normalized spacial score (nSPS) is 10.9. The van der Waals surface area contributed by atoms with Crippen LogP contribution in [0.5, 0.6) is 5.75 Å². The van der Waals surface area contributed by atoms with Crippen molar-refractivity contribution in [2.75, 3.05) is 0 Å². The van der Waals surface area contributed by atoms with Crippen molar-refractivity contribution in [3.05, 3.63) is 65.2 Å². The first-order valence-corrected chi connectivity index (χ1v) is 8.49. The number of aromatic hydroxyl groups is 1. The Morgan fingerprint density at radius 3 is 2.39 bits per heavy atom. The molecule has 122 valence electrons. The van der Waals surface area contributed by atoms with Gasteiger partial charge in [0.15, 0.2) is 5.78 Å². The van der Waals surface area contributed by atoms with Gasteiger partial charge in [0.05, 0.1) is 5.56 Å². The van der Waals surface area contributed by atoms with Crippen LogP contribution < -0.4 is 0 Å². The smallest absolute Gasteiger partial charge is 0.196 e. The molecule has 0 saturated carbocycles. The third-order valence-corrected chi connectivity index (χ3v) is 4.09. The third-order valence-electron chi connectivity index (χ3n) is 4.09. The maximum atomic E-state index is 12.4. The molecule has 0 aromatic heterocycles. The zero-order chi connectivity index (χ0) is 16.7. The summed E-state index contributed by atoms with van der Waals surface area (Å²) >= 11 is 0. The molecule has 1 N–H and O–H groups in total. The highest BCUT2D eigenvalue weighted by Gasteiger charge is 2.13. The van der Waals surface area contributed by atoms with Crippen molar-refractivity contribution in [3.8, 4) is 5.75 Å². The van der Waals surface area contributed by atoms with Crippen LogP contribution in [0.4, 0.5) is 0 Å². The first kappa shape index (κ1) is 17.3. The van der Waals surface area contributed by atoms with Crippen molar-refractivity contribution in [3.63, 3.8) is 0 Å². The van der Waals surface area contributed by atoms with E-state index < -0.39 is 0 Å². The van der Waals surface area contributed by atoms with Gasteiger partial charge in [-0.1, -0.05) is 69.5 Å². The molecular weight excluding hydrogens is 284 g/mol. The maximum Gasteiger partial charge on any atom is 0.196 e. The van der Waals surface area contributed by atoms with Crippen molar-refractivity contribution in [2.45, 2.75) is 46.0 Å². The lowest BCUT2D eigenvalue weighted by atomic mass is 9.98. The fourth-order valence-corrected chi connectivity index (χ4v) is 2.73. The predicted molar refractivity (Wildman–Crippen MR) is 95.0 cm³/mol. The zero-order valence-electron chi connectivity index (χ0n) is 14.1. The second-order valence-corrected chi connectivity index (χ2v) is 6.54. The van der Waals surface area contributed by atoms with E-state index in [1.54, 1.807) is 24.3 Å². The molecule has 2 aromatic rings. The molecule has 2 rings (SSSR count). The topological polar surface area (TPSA) is 37.3 Å². The SMILES string of the molecule is CC(C)CCCCCc1ccc(C(=O)c2ccccc2)c(O)c1. The molecule has 0 amide bonds. The summed E-state index contributed by atoms with van der Waals surface area (Å²) in [4.78, 5) is 12.4. The van der Waals surface area contributed by atoms with Gasteiger partial charge >= 0.3 is 0 Å². The van der Waals surface area contributed by atoms with Crippen LogP contribution in [0.25, 0.3) is 0 Å². The van der Waals surface area contributed by atoms with Crippen LogP contribution in [-0.4, -0.2) is 10.9 Å². The van der Waals surface area contributed by atoms with Gasteiger partial charge in [0.1, 0.15) is 5.75 Å². The summed E-state index contributed by atoms with van der Waals surface area (Å²) in [7, 11) is 0. The van der Waals surface area contributed by atoms with E-state index >= 15 is 0 Å². The molecule has 0 atom stereocenters. The molecular formula is C21H26O2. The van der Waals surface area contributed by atoms with Gasteiger partial charge in [-0.3, -0.25) is 4.79 Å². The summed E-state index contributed by atoms with van der Waals surface area (Å²) in [6.07, 6.45) is 5.82. The number of benzene rings is 2. The number of hydrogen-bond acceptors (Lipinski definition) is 2. The van der Waals surface area contributed by atoms with Crippen molar-refractivity contribution in [1.82, 2.24) is 0 Å². The minimum Gasteiger partial charge on any atom is -0.507 e. The number of hydrogen-bond donors (Lipinski definition) is 1. The van der Waals surface area contributed by atoms with Crippen molar-refractivity contribution in [1.29, 1.82) is 0 Å². The lowest BCUT2D eigenvalue weighted by Gasteiger charge is -2.08. The average molecular weight is 310 g/mol. The minimum absolute atomic E-state index is 0.0820. The molecule has 0 fully saturated rings. The van der Waals surface area contributed by atoms with Crippen LogP contribution in [0.3, 0.4) is 0 Å². The standard InChI is InChI=1S/C21H26O2/c1-16(2)9-5-3-6-10-17-13-14-19(20(22)15-17)21(23)18-11-7-4-8-12-18/h4,7-8,11-16,22H,3,5-6,9-10H2,1-2H3. The number of carbonyl (C=O) groups excluding carboxylic acids is 1. The summed E-state index contributed by atoms with van der Waals surface area (Å²) < 4.78 is 0. The van der Waals surface area contributed by atoms with E-state index in [4.69, 9.17) is 0 Å². The molecule has 2 aromatic carbocycles. The Morgan fingerprint density at radius 2 is 1.74 bits per heavy atom. The van der Waals surface area contributed by atoms with Crippen LogP contribution in [0.1, 0.15) is 61.0 Å². The lowest BCUT2D eigenvalue weighted by molar-refractivity contribution is 0.103. The molecule has 0 unspecified atom stereocenters. The van der Waals surface area contributed by atoms with E-state index in [1.165, 1.54) is 19.3 Å². The van der Waals surface area contributed by atoms with Crippen LogP contribution in [0.2, 0.25) is 0 Å². The van der Waals surface area contributed by atoms with Gasteiger partial charge in [-0.05, 0) is 36.5 Å². The molecule has 0 aliphatic rings. The van der Waals surface area contributed by atoms with Gasteiger partial charge in [0, 0.05) is 5.56 Å². The molecule has 0 spiro atoms. The fraction of sp³-hybridized carbons (Fsp3) is 0.381. The van der Waals surface area contributed by atoms with E-state index in [1.807, 2.05) is 24.3 Å². The van der Waals surface area contributed by atoms with Crippen LogP contribution in [0, 0.1) is 5.92 Å². The first-order chi connectivity index (χ1) is 11.1. The second kappa shape index (κ2) is 8.52. The predicted octanol–water partition coefficient (Wildman–Crippen LogP) is 5.38. The Kier molecular flexibility index (Phi) is 6.40. The fourth-order valence-electron chi connectivity index (χ4n) is 2.73. The monoisotopic (exact) mass is 310 g/mol. The third kappa shape index (κ3) is 5.24. The molecule has 0 heterocycles. The highest BCUT2D eigenvalue weighted by Crippen LogP contribution is 2.23. The minimum atomic E-state index is -0.133. The highest BCUT2D eigenvalue weighted by molar-refractivity contribution is 6.10. The summed E-state index contributed by atoms with van der Waals surface area (Å²) in [5.74, 6) is 0.715. The van der Waals surface area contributed by atoms with Gasteiger partial charge in [-0.2, -0.15) is 0 Å². The summed E-state index contributed by atoms with van der Waals surface area (Å²) in [6.45, 7) is 4.50. The molecule has 0 aliphatic carbocycles. The van der Waals surface area contributed by atoms with Crippen molar-refractivity contribution in [2.24, 2.45) is 5.92 Å². The van der Waals surface area contributed by atoms with Crippen molar-refractivity contribution < 1.29 is 9.90 Å². The number of aryl methyl sites for hydroxylation is 1. The van der Waals surface area contributed by atoms with Gasteiger partial charge in [-0.25, -0.2) is 0 Å². The van der Waals surface area contributed by atoms with E-state index in [0.29, 0.717) is 11.1 Å². The van der Waals surface area contributed by atoms with Gasteiger partial charge in [-0.15, -0.1) is 0 Å². The van der Waals surface area contributed by atoms with E-state index in [9.17, 15) is 9.90 Å². The van der Waals surface area contributed by atoms with Crippen LogP contribution in [0.15, 0.2) is 48.5 Å². The Bertz CT molecular complexity index is 630. The second-order valence-electron chi connectivity index (χ2n) is 6.54. The van der Waals surface area contributed by atoms with E-state index in [2.05, 4.69) is 13.8 Å². The lowest BCUT2D eigenvalue weighted by Crippen LogP contribution is -2.02. The summed E-state index contributed by atoms with van der Waals surface area (Å²) in [5.41, 5.74) is 2.07. The quantitative estimate of drug-likeness (QED) is 0.525. The number of unbranched alkanes of at least 4 members (excludes halogenated alkanes) is 2. The maximum absolute atomic E-state index is 12.4. The van der Waals surface area contributed by atoms with Gasteiger partial charge in [0.25, 0.3) is 0 Å².